The molecule has 4 heteroatoms. The molecule has 1 fully saturated rings. The second-order valence-electron chi connectivity index (χ2n) is 3.33. The number of nitrogen functional groups attached to an aromatic ring is 1. The summed E-state index contributed by atoms with van der Waals surface area (Å²) in [5, 5.41) is 8.96. The third kappa shape index (κ3) is 1.08. The van der Waals surface area contributed by atoms with Crippen LogP contribution in [-0.2, 0) is 0 Å². The maximum atomic E-state index is 8.96. The molecule has 0 amide bonds. The molecule has 3 N–H and O–H groups in total. The maximum absolute atomic E-state index is 8.96. The summed E-state index contributed by atoms with van der Waals surface area (Å²) in [6, 6.07) is 0.416. The number of aromatic nitrogens is 2. The zero-order valence-electron chi connectivity index (χ0n) is 6.85. The number of rotatable bonds is 2. The second-order valence-corrected chi connectivity index (χ2v) is 3.33. The first-order valence-corrected chi connectivity index (χ1v) is 4.21. The van der Waals surface area contributed by atoms with Gasteiger partial charge in [0.05, 0.1) is 6.33 Å². The average Bonchev–Trinajstić information content (AvgIpc) is 2.35. The van der Waals surface area contributed by atoms with E-state index in [0.29, 0.717) is 17.8 Å². The predicted octanol–water partition coefficient (Wildman–Crippen LogP) is 0.409. The minimum absolute atomic E-state index is 0.267. The van der Waals surface area contributed by atoms with Crippen molar-refractivity contribution in [2.24, 2.45) is 5.92 Å². The minimum atomic E-state index is 0.267. The zero-order valence-corrected chi connectivity index (χ0v) is 6.85. The van der Waals surface area contributed by atoms with Gasteiger partial charge in [0.2, 0.25) is 0 Å². The van der Waals surface area contributed by atoms with E-state index >= 15 is 0 Å². The number of anilines is 1. The standard InChI is InChI=1S/C8H13N3O/c9-8-3-11(5-10-8)7-2-1-6(7)4-12/h3,5-7,12H,1-2,4,9H2. The molecule has 2 atom stereocenters. The number of hydrogen-bond acceptors (Lipinski definition) is 3. The molecular weight excluding hydrogens is 154 g/mol. The molecular formula is C8H13N3O. The Kier molecular flexibility index (Phi) is 1.77. The highest BCUT2D eigenvalue weighted by Crippen LogP contribution is 2.37. The smallest absolute Gasteiger partial charge is 0.141 e. The number of imidazole rings is 1. The summed E-state index contributed by atoms with van der Waals surface area (Å²) < 4.78 is 2.00. The number of aliphatic hydroxyl groups excluding tert-OH is 1. The van der Waals surface area contributed by atoms with Gasteiger partial charge < -0.3 is 15.4 Å². The van der Waals surface area contributed by atoms with E-state index in [2.05, 4.69) is 4.98 Å². The maximum Gasteiger partial charge on any atom is 0.141 e. The molecule has 2 rings (SSSR count). The van der Waals surface area contributed by atoms with Gasteiger partial charge in [-0.25, -0.2) is 4.98 Å². The molecule has 66 valence electrons. The molecule has 4 nitrogen and oxygen atoms in total. The van der Waals surface area contributed by atoms with E-state index in [-0.39, 0.29) is 6.61 Å². The van der Waals surface area contributed by atoms with Crippen molar-refractivity contribution in [3.63, 3.8) is 0 Å². The number of aliphatic hydroxyl groups is 1. The molecule has 12 heavy (non-hydrogen) atoms. The molecule has 0 saturated heterocycles. The quantitative estimate of drug-likeness (QED) is 0.670. The molecule has 1 aromatic rings. The fourth-order valence-electron chi connectivity index (χ4n) is 1.69. The van der Waals surface area contributed by atoms with Crippen LogP contribution < -0.4 is 5.73 Å². The Hall–Kier alpha value is -1.03. The SMILES string of the molecule is Nc1cn(C2CCC2CO)cn1. The summed E-state index contributed by atoms with van der Waals surface area (Å²) >= 11 is 0. The summed E-state index contributed by atoms with van der Waals surface area (Å²) in [7, 11) is 0. The lowest BCUT2D eigenvalue weighted by molar-refractivity contribution is 0.0973. The lowest BCUT2D eigenvalue weighted by atomic mass is 9.80. The van der Waals surface area contributed by atoms with Gasteiger partial charge >= 0.3 is 0 Å². The van der Waals surface area contributed by atoms with Crippen LogP contribution in [0.1, 0.15) is 18.9 Å². The fraction of sp³-hybridized carbons (Fsp3) is 0.625. The fourth-order valence-corrected chi connectivity index (χ4v) is 1.69. The normalized spacial score (nSPS) is 28.4. The molecule has 1 aromatic heterocycles. The molecule has 1 heterocycles. The van der Waals surface area contributed by atoms with Gasteiger partial charge in [-0.05, 0) is 12.8 Å². The lowest BCUT2D eigenvalue weighted by Gasteiger charge is -2.35. The van der Waals surface area contributed by atoms with Crippen LogP contribution in [0.3, 0.4) is 0 Å². The summed E-state index contributed by atoms with van der Waals surface area (Å²) in [5.74, 6) is 0.956. The Morgan fingerprint density at radius 2 is 2.50 bits per heavy atom. The zero-order chi connectivity index (χ0) is 8.55. The van der Waals surface area contributed by atoms with E-state index in [0.717, 1.165) is 12.8 Å². The molecule has 2 unspecified atom stereocenters. The Labute approximate surface area is 71.0 Å². The van der Waals surface area contributed by atoms with E-state index in [9.17, 15) is 0 Å². The van der Waals surface area contributed by atoms with Crippen molar-refractivity contribution in [3.8, 4) is 0 Å². The highest BCUT2D eigenvalue weighted by molar-refractivity contribution is 5.23. The van der Waals surface area contributed by atoms with Crippen molar-refractivity contribution >= 4 is 5.82 Å². The second kappa shape index (κ2) is 2.79. The monoisotopic (exact) mass is 167 g/mol. The van der Waals surface area contributed by atoms with Crippen LogP contribution in [0, 0.1) is 5.92 Å². The van der Waals surface area contributed by atoms with Gasteiger partial charge in [-0.1, -0.05) is 0 Å². The first-order valence-electron chi connectivity index (χ1n) is 4.21. The Morgan fingerprint density at radius 1 is 1.67 bits per heavy atom. The van der Waals surface area contributed by atoms with Crippen LogP contribution in [0.15, 0.2) is 12.5 Å². The Morgan fingerprint density at radius 3 is 2.92 bits per heavy atom. The van der Waals surface area contributed by atoms with E-state index < -0.39 is 0 Å². The number of hydrogen-bond donors (Lipinski definition) is 2. The summed E-state index contributed by atoms with van der Waals surface area (Å²) in [6.07, 6.45) is 5.80. The van der Waals surface area contributed by atoms with Crippen LogP contribution in [0.2, 0.25) is 0 Å². The first-order chi connectivity index (χ1) is 5.81. The van der Waals surface area contributed by atoms with Gasteiger partial charge in [0.1, 0.15) is 5.82 Å². The van der Waals surface area contributed by atoms with Crippen molar-refractivity contribution < 1.29 is 5.11 Å². The molecule has 0 aliphatic heterocycles. The van der Waals surface area contributed by atoms with Gasteiger partial charge in [0.15, 0.2) is 0 Å². The molecule has 0 aromatic carbocycles. The van der Waals surface area contributed by atoms with Crippen molar-refractivity contribution in [2.45, 2.75) is 18.9 Å². The predicted molar refractivity (Wildman–Crippen MR) is 45.5 cm³/mol. The van der Waals surface area contributed by atoms with Crippen molar-refractivity contribution in [3.05, 3.63) is 12.5 Å². The van der Waals surface area contributed by atoms with Crippen molar-refractivity contribution in [1.82, 2.24) is 9.55 Å². The summed E-state index contributed by atoms with van der Waals surface area (Å²) in [6.45, 7) is 0.267. The average molecular weight is 167 g/mol. The molecule has 1 saturated carbocycles. The van der Waals surface area contributed by atoms with Gasteiger partial charge in [-0.3, -0.25) is 0 Å². The molecule has 1 aliphatic rings. The highest BCUT2D eigenvalue weighted by Gasteiger charge is 2.31. The van der Waals surface area contributed by atoms with Gasteiger partial charge in [-0.15, -0.1) is 0 Å². The van der Waals surface area contributed by atoms with Crippen LogP contribution in [0.25, 0.3) is 0 Å². The largest absolute Gasteiger partial charge is 0.396 e. The van der Waals surface area contributed by atoms with Gasteiger partial charge in [0.25, 0.3) is 0 Å². The molecule has 0 bridgehead atoms. The Balaban J connectivity index is 2.10. The molecule has 1 aliphatic carbocycles. The van der Waals surface area contributed by atoms with Gasteiger partial charge in [-0.2, -0.15) is 0 Å². The van der Waals surface area contributed by atoms with Crippen LogP contribution >= 0.6 is 0 Å². The summed E-state index contributed by atoms with van der Waals surface area (Å²) in [5.41, 5.74) is 5.49. The van der Waals surface area contributed by atoms with Crippen LogP contribution in [0.5, 0.6) is 0 Å². The van der Waals surface area contributed by atoms with Crippen molar-refractivity contribution in [1.29, 1.82) is 0 Å². The summed E-state index contributed by atoms with van der Waals surface area (Å²) in [4.78, 5) is 3.95. The first kappa shape index (κ1) is 7.61. The molecule has 0 radical (unpaired) electrons. The topological polar surface area (TPSA) is 64.1 Å². The number of nitrogens with two attached hydrogens (primary N) is 1. The van der Waals surface area contributed by atoms with Crippen LogP contribution in [0.4, 0.5) is 5.82 Å². The van der Waals surface area contributed by atoms with E-state index in [1.54, 1.807) is 6.33 Å². The van der Waals surface area contributed by atoms with Crippen LogP contribution in [-0.4, -0.2) is 21.3 Å². The third-order valence-electron chi connectivity index (χ3n) is 2.62. The van der Waals surface area contributed by atoms with E-state index in [4.69, 9.17) is 10.8 Å². The van der Waals surface area contributed by atoms with E-state index in [1.165, 1.54) is 0 Å². The lowest BCUT2D eigenvalue weighted by Crippen LogP contribution is -2.30. The van der Waals surface area contributed by atoms with E-state index in [1.807, 2.05) is 10.8 Å². The Bertz CT molecular complexity index is 269. The third-order valence-corrected chi connectivity index (χ3v) is 2.62. The van der Waals surface area contributed by atoms with Gasteiger partial charge in [0, 0.05) is 24.8 Å². The van der Waals surface area contributed by atoms with Crippen molar-refractivity contribution in [2.75, 3.05) is 12.3 Å². The highest BCUT2D eigenvalue weighted by atomic mass is 16.3. The molecule has 0 spiro atoms. The number of nitrogens with zero attached hydrogens (tertiary/aromatic N) is 2. The minimum Gasteiger partial charge on any atom is -0.396 e.